The Hall–Kier alpha value is -2.64. The van der Waals surface area contributed by atoms with Crippen molar-refractivity contribution in [1.29, 1.82) is 0 Å². The first-order valence-corrected chi connectivity index (χ1v) is 11.7. The Morgan fingerprint density at radius 1 is 1.26 bits per heavy atom. The number of carbonyl (C=O) groups excluding carboxylic acids is 1. The number of thiophene rings is 1. The second kappa shape index (κ2) is 9.66. The van der Waals surface area contributed by atoms with Crippen LogP contribution in [0.4, 0.5) is 5.00 Å². The molecule has 5 nitrogen and oxygen atoms in total. The van der Waals surface area contributed by atoms with Crippen LogP contribution in [0.5, 0.6) is 11.5 Å². The number of fused-ring (bicyclic) bond motifs is 1. The van der Waals surface area contributed by atoms with Gasteiger partial charge in [0.25, 0.3) is 5.91 Å². The highest BCUT2D eigenvalue weighted by molar-refractivity contribution is 9.10. The average molecular weight is 499 g/mol. The van der Waals surface area contributed by atoms with Crippen molar-refractivity contribution in [2.45, 2.75) is 32.2 Å². The van der Waals surface area contributed by atoms with Crippen LogP contribution in [0.3, 0.4) is 0 Å². The van der Waals surface area contributed by atoms with Gasteiger partial charge in [0.2, 0.25) is 0 Å². The van der Waals surface area contributed by atoms with E-state index in [9.17, 15) is 9.90 Å². The summed E-state index contributed by atoms with van der Waals surface area (Å²) >= 11 is 4.93. The first-order valence-electron chi connectivity index (χ1n) is 10.1. The van der Waals surface area contributed by atoms with Gasteiger partial charge in [-0.05, 0) is 70.4 Å². The van der Waals surface area contributed by atoms with Crippen LogP contribution in [0.2, 0.25) is 0 Å². The van der Waals surface area contributed by atoms with Gasteiger partial charge in [0.15, 0.2) is 11.5 Å². The number of nitrogens with zero attached hydrogens (tertiary/aromatic N) is 1. The summed E-state index contributed by atoms with van der Waals surface area (Å²) in [5.41, 5.74) is 3.66. The average Bonchev–Trinajstić information content (AvgIpc) is 3.17. The summed E-state index contributed by atoms with van der Waals surface area (Å²) in [6.07, 6.45) is 5.84. The van der Waals surface area contributed by atoms with Crippen LogP contribution in [0, 0.1) is 0 Å². The van der Waals surface area contributed by atoms with Gasteiger partial charge in [-0.1, -0.05) is 30.3 Å². The second-order valence-electron chi connectivity index (χ2n) is 7.37. The molecule has 7 heteroatoms. The molecule has 0 fully saturated rings. The van der Waals surface area contributed by atoms with Gasteiger partial charge in [0.1, 0.15) is 5.00 Å². The number of nitrogens with one attached hydrogen (secondary N) is 1. The van der Waals surface area contributed by atoms with Crippen molar-refractivity contribution in [2.75, 3.05) is 7.11 Å². The topological polar surface area (TPSA) is 70.9 Å². The molecule has 0 saturated carbocycles. The van der Waals surface area contributed by atoms with Crippen LogP contribution in [-0.2, 0) is 19.4 Å². The molecule has 3 aromatic rings. The summed E-state index contributed by atoms with van der Waals surface area (Å²) in [4.78, 5) is 19.1. The third-order valence-electron chi connectivity index (χ3n) is 5.28. The number of benzene rings is 2. The molecule has 1 amide bonds. The molecule has 2 N–H and O–H groups in total. The number of ether oxygens (including phenoxy) is 1. The fourth-order valence-corrected chi connectivity index (χ4v) is 5.39. The predicted molar refractivity (Wildman–Crippen MR) is 128 cm³/mol. The number of aryl methyl sites for hydroxylation is 1. The van der Waals surface area contributed by atoms with Crippen LogP contribution in [-0.4, -0.2) is 24.3 Å². The van der Waals surface area contributed by atoms with Crippen molar-refractivity contribution in [3.8, 4) is 11.5 Å². The Bertz CT molecular complexity index is 1130. The SMILES string of the molecule is COc1cc(C=Nc2sc3c(c2C(=O)NCc2ccccc2)CCCC3)cc(Br)c1O. The number of aliphatic imine (C=N–C) groups is 1. The van der Waals surface area contributed by atoms with E-state index in [4.69, 9.17) is 4.74 Å². The van der Waals surface area contributed by atoms with Gasteiger partial charge in [-0.2, -0.15) is 0 Å². The highest BCUT2D eigenvalue weighted by Gasteiger charge is 2.25. The Kier molecular flexibility index (Phi) is 6.73. The van der Waals surface area contributed by atoms with Crippen molar-refractivity contribution < 1.29 is 14.6 Å². The van der Waals surface area contributed by atoms with Gasteiger partial charge in [-0.25, -0.2) is 4.99 Å². The summed E-state index contributed by atoms with van der Waals surface area (Å²) in [7, 11) is 1.50. The number of hydrogen-bond donors (Lipinski definition) is 2. The lowest BCUT2D eigenvalue weighted by Gasteiger charge is -2.13. The summed E-state index contributed by atoms with van der Waals surface area (Å²) in [5.74, 6) is 0.328. The number of methoxy groups -OCH3 is 1. The van der Waals surface area contributed by atoms with Crippen molar-refractivity contribution >= 4 is 44.4 Å². The first-order chi connectivity index (χ1) is 15.1. The molecule has 1 heterocycles. The third kappa shape index (κ3) is 4.83. The standard InChI is InChI=1S/C24H23BrN2O3S/c1-30-19-12-16(11-18(25)22(19)28)14-27-24-21(17-9-5-6-10-20(17)31-24)23(29)26-13-15-7-3-2-4-8-15/h2-4,7-8,11-12,14,28H,5-6,9-10,13H2,1H3,(H,26,29). The Morgan fingerprint density at radius 2 is 2.03 bits per heavy atom. The summed E-state index contributed by atoms with van der Waals surface area (Å²) in [5, 5.41) is 13.8. The number of phenolic OH excluding ortho intramolecular Hbond substituents is 1. The fraction of sp³-hybridized carbons (Fsp3) is 0.250. The zero-order valence-electron chi connectivity index (χ0n) is 17.2. The molecule has 31 heavy (non-hydrogen) atoms. The van der Waals surface area contributed by atoms with Gasteiger partial charge in [0.05, 0.1) is 17.1 Å². The van der Waals surface area contributed by atoms with Crippen molar-refractivity contribution in [3.63, 3.8) is 0 Å². The molecule has 4 rings (SSSR count). The highest BCUT2D eigenvalue weighted by Crippen LogP contribution is 2.40. The van der Waals surface area contributed by atoms with E-state index in [1.807, 2.05) is 30.3 Å². The summed E-state index contributed by atoms with van der Waals surface area (Å²) < 4.78 is 5.74. The normalized spacial score (nSPS) is 13.2. The Balaban J connectivity index is 1.63. The molecule has 2 aromatic carbocycles. The van der Waals surface area contributed by atoms with E-state index in [0.29, 0.717) is 22.3 Å². The predicted octanol–water partition coefficient (Wildman–Crippen LogP) is 5.78. The van der Waals surface area contributed by atoms with Gasteiger partial charge >= 0.3 is 0 Å². The van der Waals surface area contributed by atoms with Crippen LogP contribution in [0.25, 0.3) is 0 Å². The van der Waals surface area contributed by atoms with E-state index < -0.39 is 0 Å². The number of aromatic hydroxyl groups is 1. The smallest absolute Gasteiger partial charge is 0.254 e. The molecular formula is C24H23BrN2O3S. The monoisotopic (exact) mass is 498 g/mol. The fourth-order valence-electron chi connectivity index (χ4n) is 3.70. The Morgan fingerprint density at radius 3 is 2.81 bits per heavy atom. The minimum Gasteiger partial charge on any atom is -0.503 e. The third-order valence-corrected chi connectivity index (χ3v) is 7.08. The molecular weight excluding hydrogens is 476 g/mol. The van der Waals surface area contributed by atoms with Gasteiger partial charge in [0, 0.05) is 17.6 Å². The molecule has 1 aromatic heterocycles. The maximum absolute atomic E-state index is 13.1. The molecule has 0 unspecified atom stereocenters. The van der Waals surface area contributed by atoms with Crippen molar-refractivity contribution in [3.05, 3.63) is 74.1 Å². The summed E-state index contributed by atoms with van der Waals surface area (Å²) in [6.45, 7) is 0.482. The molecule has 160 valence electrons. The van der Waals surface area contributed by atoms with Crippen molar-refractivity contribution in [2.24, 2.45) is 4.99 Å². The maximum atomic E-state index is 13.1. The molecule has 0 bridgehead atoms. The van der Waals surface area contributed by atoms with Gasteiger partial charge in [-0.15, -0.1) is 11.3 Å². The van der Waals surface area contributed by atoms with E-state index in [1.165, 1.54) is 12.0 Å². The van der Waals surface area contributed by atoms with Crippen LogP contribution in [0.1, 0.15) is 44.8 Å². The molecule has 0 atom stereocenters. The number of carbonyl (C=O) groups is 1. The minimum absolute atomic E-state index is 0.0483. The zero-order valence-corrected chi connectivity index (χ0v) is 19.6. The van der Waals surface area contributed by atoms with E-state index >= 15 is 0 Å². The molecule has 0 aliphatic heterocycles. The molecule has 1 aliphatic rings. The number of phenols is 1. The maximum Gasteiger partial charge on any atom is 0.254 e. The van der Waals surface area contributed by atoms with Crippen LogP contribution < -0.4 is 10.1 Å². The van der Waals surface area contributed by atoms with Gasteiger partial charge < -0.3 is 15.2 Å². The lowest BCUT2D eigenvalue weighted by Crippen LogP contribution is -2.24. The molecule has 1 aliphatic carbocycles. The second-order valence-corrected chi connectivity index (χ2v) is 9.31. The van der Waals surface area contributed by atoms with Crippen LogP contribution in [0.15, 0.2) is 51.9 Å². The van der Waals surface area contributed by atoms with E-state index in [-0.39, 0.29) is 11.7 Å². The molecule has 0 spiro atoms. The van der Waals surface area contributed by atoms with E-state index in [0.717, 1.165) is 47.4 Å². The highest BCUT2D eigenvalue weighted by atomic mass is 79.9. The summed E-state index contributed by atoms with van der Waals surface area (Å²) in [6, 6.07) is 13.4. The largest absolute Gasteiger partial charge is 0.503 e. The van der Waals surface area contributed by atoms with E-state index in [1.54, 1.807) is 29.7 Å². The lowest BCUT2D eigenvalue weighted by molar-refractivity contribution is 0.0951. The molecule has 0 saturated heterocycles. The quantitative estimate of drug-likeness (QED) is 0.422. The number of amides is 1. The van der Waals surface area contributed by atoms with E-state index in [2.05, 4.69) is 26.2 Å². The first kappa shape index (κ1) is 21.6. The number of halogens is 1. The number of rotatable bonds is 6. The number of hydrogen-bond acceptors (Lipinski definition) is 5. The van der Waals surface area contributed by atoms with Gasteiger partial charge in [-0.3, -0.25) is 4.79 Å². The minimum atomic E-state index is -0.0835. The zero-order chi connectivity index (χ0) is 21.8. The van der Waals surface area contributed by atoms with Crippen LogP contribution >= 0.6 is 27.3 Å². The molecule has 0 radical (unpaired) electrons. The van der Waals surface area contributed by atoms with Crippen molar-refractivity contribution in [1.82, 2.24) is 5.32 Å². The lowest BCUT2D eigenvalue weighted by atomic mass is 9.95. The Labute approximate surface area is 193 Å².